The van der Waals surface area contributed by atoms with Crippen molar-refractivity contribution in [3.8, 4) is 6.07 Å². The van der Waals surface area contributed by atoms with Gasteiger partial charge in [-0.25, -0.2) is 0 Å². The van der Waals surface area contributed by atoms with Gasteiger partial charge < -0.3 is 5.32 Å². The zero-order valence-electron chi connectivity index (χ0n) is 10.4. The van der Waals surface area contributed by atoms with Crippen LogP contribution in [0.15, 0.2) is 0 Å². The fourth-order valence-corrected chi connectivity index (χ4v) is 3.33. The number of halogens is 3. The maximum absolute atomic E-state index is 12.6. The summed E-state index contributed by atoms with van der Waals surface area (Å²) in [4.78, 5) is 1.87. The highest BCUT2D eigenvalue weighted by Gasteiger charge is 2.47. The number of alkyl halides is 3. The van der Waals surface area contributed by atoms with Crippen LogP contribution in [0.4, 0.5) is 13.2 Å². The molecule has 6 heteroatoms. The average Bonchev–Trinajstić information content (AvgIpc) is 2.83. The highest BCUT2D eigenvalue weighted by molar-refractivity contribution is 5.01. The molecule has 0 radical (unpaired) electrons. The summed E-state index contributed by atoms with van der Waals surface area (Å²) in [7, 11) is 0. The molecule has 2 aliphatic heterocycles. The van der Waals surface area contributed by atoms with Crippen LogP contribution in [-0.2, 0) is 0 Å². The highest BCUT2D eigenvalue weighted by atomic mass is 19.4. The van der Waals surface area contributed by atoms with Gasteiger partial charge in [0.05, 0.1) is 6.07 Å². The van der Waals surface area contributed by atoms with E-state index in [4.69, 9.17) is 5.26 Å². The molecule has 0 spiro atoms. The van der Waals surface area contributed by atoms with E-state index in [0.717, 1.165) is 19.5 Å². The number of hydrogen-bond acceptors (Lipinski definition) is 3. The monoisotopic (exact) mass is 261 g/mol. The van der Waals surface area contributed by atoms with Crippen molar-refractivity contribution in [2.24, 2.45) is 17.8 Å². The zero-order valence-corrected chi connectivity index (χ0v) is 10.4. The van der Waals surface area contributed by atoms with Crippen molar-refractivity contribution in [1.29, 1.82) is 5.26 Å². The van der Waals surface area contributed by atoms with Crippen LogP contribution in [0.25, 0.3) is 0 Å². The van der Waals surface area contributed by atoms with Gasteiger partial charge in [0, 0.05) is 19.1 Å². The smallest absolute Gasteiger partial charge is 0.316 e. The molecule has 0 aromatic rings. The third kappa shape index (κ3) is 2.47. The number of nitrogens with one attached hydrogen (secondary N) is 1. The van der Waals surface area contributed by atoms with Gasteiger partial charge in [0.1, 0.15) is 0 Å². The zero-order chi connectivity index (χ0) is 13.3. The Morgan fingerprint density at radius 1 is 1.44 bits per heavy atom. The minimum Gasteiger partial charge on any atom is -0.316 e. The van der Waals surface area contributed by atoms with E-state index in [1.165, 1.54) is 6.07 Å². The quantitative estimate of drug-likeness (QED) is 0.839. The Bertz CT molecular complexity index is 336. The second kappa shape index (κ2) is 5.06. The third-order valence-electron chi connectivity index (χ3n) is 4.21. The number of rotatable bonds is 3. The van der Waals surface area contributed by atoms with E-state index >= 15 is 0 Å². The maximum atomic E-state index is 12.6. The standard InChI is InChI=1S/C12H18F3N3/c1-2-11-10-5-17-4-8(10)6-18(11)7-9(3-16)12(13,14)15/h8-11,17H,2,4-7H2,1H3. The maximum Gasteiger partial charge on any atom is 0.405 e. The molecule has 4 atom stereocenters. The molecule has 0 bridgehead atoms. The Kier molecular flexibility index (Phi) is 3.83. The summed E-state index contributed by atoms with van der Waals surface area (Å²) in [6.45, 7) is 4.30. The molecule has 0 amide bonds. The minimum absolute atomic E-state index is 0.175. The number of hydrogen-bond donors (Lipinski definition) is 1. The fourth-order valence-electron chi connectivity index (χ4n) is 3.33. The summed E-state index contributed by atoms with van der Waals surface area (Å²) < 4.78 is 37.9. The molecule has 4 unspecified atom stereocenters. The second-order valence-electron chi connectivity index (χ2n) is 5.23. The average molecular weight is 261 g/mol. The Hall–Kier alpha value is -0.800. The number of nitrogens with zero attached hydrogens (tertiary/aromatic N) is 2. The molecule has 102 valence electrons. The van der Waals surface area contributed by atoms with E-state index in [9.17, 15) is 13.2 Å². The van der Waals surface area contributed by atoms with Crippen LogP contribution in [0.3, 0.4) is 0 Å². The van der Waals surface area contributed by atoms with Gasteiger partial charge in [0.2, 0.25) is 0 Å². The van der Waals surface area contributed by atoms with E-state index in [2.05, 4.69) is 5.32 Å². The van der Waals surface area contributed by atoms with Gasteiger partial charge >= 0.3 is 6.18 Å². The largest absolute Gasteiger partial charge is 0.405 e. The van der Waals surface area contributed by atoms with E-state index in [1.54, 1.807) is 0 Å². The van der Waals surface area contributed by atoms with Crippen LogP contribution in [0.2, 0.25) is 0 Å². The van der Waals surface area contributed by atoms with Crippen molar-refractivity contribution in [3.05, 3.63) is 0 Å². The van der Waals surface area contributed by atoms with Crippen molar-refractivity contribution in [2.75, 3.05) is 26.2 Å². The lowest BCUT2D eigenvalue weighted by molar-refractivity contribution is -0.163. The van der Waals surface area contributed by atoms with Gasteiger partial charge in [0.25, 0.3) is 0 Å². The molecule has 1 N–H and O–H groups in total. The molecule has 3 nitrogen and oxygen atoms in total. The van der Waals surface area contributed by atoms with Crippen LogP contribution < -0.4 is 5.32 Å². The van der Waals surface area contributed by atoms with E-state index in [-0.39, 0.29) is 12.6 Å². The molecule has 0 aliphatic carbocycles. The molecule has 2 heterocycles. The van der Waals surface area contributed by atoms with Crippen LogP contribution >= 0.6 is 0 Å². The topological polar surface area (TPSA) is 39.1 Å². The predicted molar refractivity (Wildman–Crippen MR) is 60.7 cm³/mol. The predicted octanol–water partition coefficient (Wildman–Crippen LogP) is 1.62. The Morgan fingerprint density at radius 2 is 2.17 bits per heavy atom. The molecule has 0 aromatic carbocycles. The molecule has 0 aromatic heterocycles. The third-order valence-corrected chi connectivity index (χ3v) is 4.21. The number of nitriles is 1. The molecule has 2 rings (SSSR count). The molecule has 0 saturated carbocycles. The summed E-state index contributed by atoms with van der Waals surface area (Å²) in [6, 6.07) is 1.58. The van der Waals surface area contributed by atoms with Gasteiger partial charge in [-0.15, -0.1) is 0 Å². The molecule has 2 aliphatic rings. The van der Waals surface area contributed by atoms with Crippen molar-refractivity contribution in [2.45, 2.75) is 25.6 Å². The van der Waals surface area contributed by atoms with Crippen molar-refractivity contribution in [1.82, 2.24) is 10.2 Å². The molecule has 18 heavy (non-hydrogen) atoms. The Labute approximate surface area is 105 Å². The van der Waals surface area contributed by atoms with Gasteiger partial charge in [-0.3, -0.25) is 4.90 Å². The normalized spacial score (nSPS) is 34.3. The van der Waals surface area contributed by atoms with E-state index < -0.39 is 12.1 Å². The van der Waals surface area contributed by atoms with Crippen LogP contribution in [0.5, 0.6) is 0 Å². The Morgan fingerprint density at radius 3 is 2.72 bits per heavy atom. The first kappa shape index (κ1) is 13.6. The summed E-state index contributed by atoms with van der Waals surface area (Å²) in [5, 5.41) is 12.0. The molecular formula is C12H18F3N3. The highest BCUT2D eigenvalue weighted by Crippen LogP contribution is 2.36. The lowest BCUT2D eigenvalue weighted by atomic mass is 9.93. The Balaban J connectivity index is 2.03. The first-order valence-electron chi connectivity index (χ1n) is 6.38. The number of likely N-dealkylation sites (tertiary alicyclic amines) is 1. The van der Waals surface area contributed by atoms with Crippen molar-refractivity contribution < 1.29 is 13.2 Å². The van der Waals surface area contributed by atoms with Gasteiger partial charge in [0.15, 0.2) is 5.92 Å². The van der Waals surface area contributed by atoms with Crippen LogP contribution in [0.1, 0.15) is 13.3 Å². The fraction of sp³-hybridized carbons (Fsp3) is 0.917. The van der Waals surface area contributed by atoms with Crippen LogP contribution in [-0.4, -0.2) is 43.3 Å². The first-order chi connectivity index (χ1) is 8.47. The summed E-state index contributed by atoms with van der Waals surface area (Å²) in [5.74, 6) is -0.969. The summed E-state index contributed by atoms with van der Waals surface area (Å²) >= 11 is 0. The number of fused-ring (bicyclic) bond motifs is 1. The minimum atomic E-state index is -4.41. The molecular weight excluding hydrogens is 243 g/mol. The summed E-state index contributed by atoms with van der Waals surface area (Å²) in [6.07, 6.45) is -3.57. The van der Waals surface area contributed by atoms with Crippen molar-refractivity contribution in [3.63, 3.8) is 0 Å². The van der Waals surface area contributed by atoms with E-state index in [1.807, 2.05) is 11.8 Å². The lowest BCUT2D eigenvalue weighted by Crippen LogP contribution is -2.41. The van der Waals surface area contributed by atoms with Crippen LogP contribution in [0, 0.1) is 29.1 Å². The van der Waals surface area contributed by atoms with E-state index in [0.29, 0.717) is 18.4 Å². The van der Waals surface area contributed by atoms with Gasteiger partial charge in [-0.05, 0) is 31.3 Å². The van der Waals surface area contributed by atoms with Gasteiger partial charge in [-0.2, -0.15) is 18.4 Å². The molecule has 2 saturated heterocycles. The SMILES string of the molecule is CCC1C2CNCC2CN1CC(C#N)C(F)(F)F. The lowest BCUT2D eigenvalue weighted by Gasteiger charge is -2.29. The first-order valence-corrected chi connectivity index (χ1v) is 6.38. The molecule has 2 fully saturated rings. The van der Waals surface area contributed by atoms with Crippen molar-refractivity contribution >= 4 is 0 Å². The van der Waals surface area contributed by atoms with Gasteiger partial charge in [-0.1, -0.05) is 6.92 Å². The second-order valence-corrected chi connectivity index (χ2v) is 5.23. The summed E-state index contributed by atoms with van der Waals surface area (Å²) in [5.41, 5.74) is 0.